The van der Waals surface area contributed by atoms with Gasteiger partial charge in [-0.15, -0.1) is 0 Å². The third-order valence-corrected chi connectivity index (χ3v) is 3.98. The van der Waals surface area contributed by atoms with Gasteiger partial charge in [-0.25, -0.2) is 4.39 Å². The fourth-order valence-electron chi connectivity index (χ4n) is 1.68. The van der Waals surface area contributed by atoms with E-state index in [1.165, 1.54) is 6.07 Å². The highest BCUT2D eigenvalue weighted by atomic mass is 79.9. The molecule has 0 fully saturated rings. The second-order valence-corrected chi connectivity index (χ2v) is 5.14. The van der Waals surface area contributed by atoms with Crippen molar-refractivity contribution >= 4 is 31.9 Å². The number of hydrogen-bond acceptors (Lipinski definition) is 2. The van der Waals surface area contributed by atoms with E-state index in [0.717, 1.165) is 15.8 Å². The third-order valence-electron chi connectivity index (χ3n) is 2.49. The standard InChI is InChI=1S/C12H10Br2FNO/c1-16-11(12-8(13)5-6-17-12)7-3-2-4-9(15)10(7)14/h2-6,11,16H,1H3. The van der Waals surface area contributed by atoms with E-state index in [9.17, 15) is 4.39 Å². The van der Waals surface area contributed by atoms with Crippen LogP contribution in [0.4, 0.5) is 4.39 Å². The predicted octanol–water partition coefficient (Wildman–Crippen LogP) is 4.25. The molecule has 0 saturated heterocycles. The summed E-state index contributed by atoms with van der Waals surface area (Å²) in [4.78, 5) is 0. The molecule has 2 nitrogen and oxygen atoms in total. The molecular weight excluding hydrogens is 353 g/mol. The Morgan fingerprint density at radius 1 is 1.29 bits per heavy atom. The number of benzene rings is 1. The molecule has 0 radical (unpaired) electrons. The second-order valence-electron chi connectivity index (χ2n) is 3.50. The minimum absolute atomic E-state index is 0.204. The number of rotatable bonds is 3. The molecule has 0 aliphatic carbocycles. The van der Waals surface area contributed by atoms with Crippen molar-refractivity contribution in [1.29, 1.82) is 0 Å². The minimum atomic E-state index is -0.287. The van der Waals surface area contributed by atoms with E-state index in [1.807, 2.05) is 12.1 Å². The fraction of sp³-hybridized carbons (Fsp3) is 0.167. The lowest BCUT2D eigenvalue weighted by atomic mass is 10.0. The molecular formula is C12H10Br2FNO. The van der Waals surface area contributed by atoms with Gasteiger partial charge in [-0.2, -0.15) is 0 Å². The molecule has 0 spiro atoms. The highest BCUT2D eigenvalue weighted by Gasteiger charge is 2.21. The van der Waals surface area contributed by atoms with E-state index in [4.69, 9.17) is 4.42 Å². The Bertz CT molecular complexity index is 527. The molecule has 1 aromatic carbocycles. The monoisotopic (exact) mass is 361 g/mol. The number of nitrogens with one attached hydrogen (secondary N) is 1. The first-order valence-corrected chi connectivity index (χ1v) is 6.57. The van der Waals surface area contributed by atoms with Gasteiger partial charge in [0.2, 0.25) is 0 Å². The van der Waals surface area contributed by atoms with Crippen LogP contribution in [0, 0.1) is 5.82 Å². The van der Waals surface area contributed by atoms with Crippen LogP contribution in [0.2, 0.25) is 0 Å². The van der Waals surface area contributed by atoms with Crippen molar-refractivity contribution in [2.45, 2.75) is 6.04 Å². The van der Waals surface area contributed by atoms with Crippen LogP contribution >= 0.6 is 31.9 Å². The van der Waals surface area contributed by atoms with Gasteiger partial charge in [-0.1, -0.05) is 12.1 Å². The van der Waals surface area contributed by atoms with E-state index < -0.39 is 0 Å². The summed E-state index contributed by atoms with van der Waals surface area (Å²) in [7, 11) is 1.80. The van der Waals surface area contributed by atoms with Crippen LogP contribution in [0.15, 0.2) is 43.9 Å². The maximum Gasteiger partial charge on any atom is 0.139 e. The summed E-state index contributed by atoms with van der Waals surface area (Å²) in [5, 5.41) is 3.11. The van der Waals surface area contributed by atoms with E-state index in [0.29, 0.717) is 4.47 Å². The van der Waals surface area contributed by atoms with Gasteiger partial charge in [0.25, 0.3) is 0 Å². The molecule has 0 aliphatic heterocycles. The summed E-state index contributed by atoms with van der Waals surface area (Å²) in [6.07, 6.45) is 1.59. The normalized spacial score (nSPS) is 12.7. The largest absolute Gasteiger partial charge is 0.466 e. The maximum atomic E-state index is 13.5. The van der Waals surface area contributed by atoms with Crippen LogP contribution in [-0.2, 0) is 0 Å². The lowest BCUT2D eigenvalue weighted by Gasteiger charge is -2.16. The highest BCUT2D eigenvalue weighted by molar-refractivity contribution is 9.10. The molecule has 1 atom stereocenters. The van der Waals surface area contributed by atoms with E-state index in [2.05, 4.69) is 37.2 Å². The molecule has 0 amide bonds. The van der Waals surface area contributed by atoms with Crippen LogP contribution in [-0.4, -0.2) is 7.05 Å². The summed E-state index contributed by atoms with van der Waals surface area (Å²) in [5.74, 6) is 0.434. The second kappa shape index (κ2) is 5.33. The summed E-state index contributed by atoms with van der Waals surface area (Å²) >= 11 is 6.67. The SMILES string of the molecule is CNC(c1cccc(F)c1Br)c1occc1Br. The molecule has 1 aromatic heterocycles. The molecule has 0 aliphatic rings. The van der Waals surface area contributed by atoms with E-state index in [1.54, 1.807) is 19.4 Å². The number of halogens is 3. The van der Waals surface area contributed by atoms with Gasteiger partial charge >= 0.3 is 0 Å². The lowest BCUT2D eigenvalue weighted by molar-refractivity contribution is 0.459. The third kappa shape index (κ3) is 2.46. The molecule has 2 rings (SSSR count). The van der Waals surface area contributed by atoms with Crippen molar-refractivity contribution in [3.05, 3.63) is 56.6 Å². The zero-order valence-corrected chi connectivity index (χ0v) is 12.2. The van der Waals surface area contributed by atoms with Gasteiger partial charge in [-0.3, -0.25) is 0 Å². The summed E-state index contributed by atoms with van der Waals surface area (Å²) in [5.41, 5.74) is 0.795. The molecule has 2 aromatic rings. The Hall–Kier alpha value is -0.650. The summed E-state index contributed by atoms with van der Waals surface area (Å²) < 4.78 is 20.2. The van der Waals surface area contributed by atoms with Crippen molar-refractivity contribution in [3.8, 4) is 0 Å². The van der Waals surface area contributed by atoms with Gasteiger partial charge in [0.15, 0.2) is 0 Å². The highest BCUT2D eigenvalue weighted by Crippen LogP contribution is 2.34. The fourth-order valence-corrected chi connectivity index (χ4v) is 2.61. The topological polar surface area (TPSA) is 25.2 Å². The first kappa shape index (κ1) is 12.8. The van der Waals surface area contributed by atoms with Crippen molar-refractivity contribution in [2.24, 2.45) is 0 Å². The van der Waals surface area contributed by atoms with Crippen molar-refractivity contribution in [2.75, 3.05) is 7.05 Å². The number of furan rings is 1. The van der Waals surface area contributed by atoms with E-state index >= 15 is 0 Å². The zero-order valence-electron chi connectivity index (χ0n) is 9.01. The quantitative estimate of drug-likeness (QED) is 0.882. The van der Waals surface area contributed by atoms with Gasteiger partial charge in [0.1, 0.15) is 11.6 Å². The van der Waals surface area contributed by atoms with Crippen molar-refractivity contribution in [3.63, 3.8) is 0 Å². The van der Waals surface area contributed by atoms with E-state index in [-0.39, 0.29) is 11.9 Å². The van der Waals surface area contributed by atoms with Crippen LogP contribution in [0.3, 0.4) is 0 Å². The van der Waals surface area contributed by atoms with Gasteiger partial charge < -0.3 is 9.73 Å². The lowest BCUT2D eigenvalue weighted by Crippen LogP contribution is -2.18. The Balaban J connectivity index is 2.50. The van der Waals surface area contributed by atoms with Gasteiger partial charge in [-0.05, 0) is 56.6 Å². The smallest absolute Gasteiger partial charge is 0.139 e. The van der Waals surface area contributed by atoms with Crippen LogP contribution in [0.5, 0.6) is 0 Å². The average molecular weight is 363 g/mol. The van der Waals surface area contributed by atoms with Crippen molar-refractivity contribution < 1.29 is 8.81 Å². The Kier molecular flexibility index (Phi) is 4.01. The molecule has 17 heavy (non-hydrogen) atoms. The molecule has 5 heteroatoms. The van der Waals surface area contributed by atoms with Crippen molar-refractivity contribution in [1.82, 2.24) is 5.32 Å². The van der Waals surface area contributed by atoms with Crippen LogP contribution in [0.25, 0.3) is 0 Å². The first-order valence-electron chi connectivity index (χ1n) is 4.99. The van der Waals surface area contributed by atoms with Gasteiger partial charge in [0.05, 0.1) is 21.3 Å². The first-order chi connectivity index (χ1) is 8.15. The number of hydrogen-bond donors (Lipinski definition) is 1. The predicted molar refractivity (Wildman–Crippen MR) is 71.4 cm³/mol. The molecule has 1 heterocycles. The Morgan fingerprint density at radius 2 is 2.06 bits per heavy atom. The zero-order chi connectivity index (χ0) is 12.4. The molecule has 0 saturated carbocycles. The summed E-state index contributed by atoms with van der Waals surface area (Å²) in [6.45, 7) is 0. The van der Waals surface area contributed by atoms with Crippen LogP contribution in [0.1, 0.15) is 17.4 Å². The molecule has 1 unspecified atom stereocenters. The minimum Gasteiger partial charge on any atom is -0.466 e. The maximum absolute atomic E-state index is 13.5. The van der Waals surface area contributed by atoms with Gasteiger partial charge in [0, 0.05) is 0 Å². The molecule has 0 bridgehead atoms. The summed E-state index contributed by atoms with van der Waals surface area (Å²) in [6, 6.07) is 6.55. The average Bonchev–Trinajstić information content (AvgIpc) is 2.72. The molecule has 90 valence electrons. The van der Waals surface area contributed by atoms with Crippen LogP contribution < -0.4 is 5.32 Å². The molecule has 1 N–H and O–H groups in total. The Labute approximate surface area is 115 Å². The Morgan fingerprint density at radius 3 is 2.65 bits per heavy atom.